The first-order valence-electron chi connectivity index (χ1n) is 6.96. The third-order valence-corrected chi connectivity index (χ3v) is 3.40. The molecule has 2 rings (SSSR count). The lowest BCUT2D eigenvalue weighted by molar-refractivity contribution is 0.238. The number of halogens is 2. The Labute approximate surface area is 140 Å². The van der Waals surface area contributed by atoms with Crippen molar-refractivity contribution in [2.45, 2.75) is 33.2 Å². The van der Waals surface area contributed by atoms with Crippen LogP contribution in [0.4, 0.5) is 0 Å². The number of hydrogen-bond acceptors (Lipinski definition) is 3. The van der Waals surface area contributed by atoms with E-state index in [1.165, 1.54) is 0 Å². The van der Waals surface area contributed by atoms with E-state index in [2.05, 4.69) is 0 Å². The lowest BCUT2D eigenvalue weighted by atomic mass is 10.1. The van der Waals surface area contributed by atoms with Crippen molar-refractivity contribution >= 4 is 23.2 Å². The molecule has 0 aromatic heterocycles. The Balaban J connectivity index is 2.14. The first-order chi connectivity index (χ1) is 10.5. The van der Waals surface area contributed by atoms with E-state index in [1.807, 2.05) is 32.0 Å². The van der Waals surface area contributed by atoms with Crippen molar-refractivity contribution in [3.8, 4) is 11.5 Å². The molecule has 5 heteroatoms. The van der Waals surface area contributed by atoms with E-state index in [1.54, 1.807) is 18.2 Å². The number of aliphatic hydroxyl groups excluding tert-OH is 1. The van der Waals surface area contributed by atoms with Gasteiger partial charge in [-0.05, 0) is 61.4 Å². The van der Waals surface area contributed by atoms with Crippen molar-refractivity contribution < 1.29 is 14.6 Å². The van der Waals surface area contributed by atoms with Crippen LogP contribution in [0.5, 0.6) is 11.5 Å². The summed E-state index contributed by atoms with van der Waals surface area (Å²) in [5, 5.41) is 10.4. The van der Waals surface area contributed by atoms with Crippen molar-refractivity contribution in [2.75, 3.05) is 0 Å². The molecule has 0 aliphatic rings. The van der Waals surface area contributed by atoms with E-state index in [0.717, 1.165) is 11.1 Å². The van der Waals surface area contributed by atoms with Gasteiger partial charge in [0.05, 0.1) is 17.7 Å². The van der Waals surface area contributed by atoms with Crippen LogP contribution in [-0.4, -0.2) is 11.2 Å². The molecule has 2 aromatic carbocycles. The van der Waals surface area contributed by atoms with Gasteiger partial charge in [-0.2, -0.15) is 0 Å². The summed E-state index contributed by atoms with van der Waals surface area (Å²) < 4.78 is 11.4. The monoisotopic (exact) mass is 340 g/mol. The van der Waals surface area contributed by atoms with Crippen LogP contribution in [-0.2, 0) is 13.2 Å². The molecule has 22 heavy (non-hydrogen) atoms. The second-order valence-electron chi connectivity index (χ2n) is 5.17. The minimum absolute atomic E-state index is 0.0516. The summed E-state index contributed by atoms with van der Waals surface area (Å²) >= 11 is 11.9. The molecule has 0 saturated carbocycles. The lowest BCUT2D eigenvalue weighted by Crippen LogP contribution is -2.07. The summed E-state index contributed by atoms with van der Waals surface area (Å²) in [7, 11) is 0. The predicted molar refractivity (Wildman–Crippen MR) is 88.9 cm³/mol. The van der Waals surface area contributed by atoms with Gasteiger partial charge in [-0.25, -0.2) is 0 Å². The highest BCUT2D eigenvalue weighted by molar-refractivity contribution is 6.35. The summed E-state index contributed by atoms with van der Waals surface area (Å²) in [5.41, 5.74) is 1.67. The topological polar surface area (TPSA) is 38.7 Å². The van der Waals surface area contributed by atoms with Crippen LogP contribution in [0, 0.1) is 0 Å². The average Bonchev–Trinajstić information content (AvgIpc) is 2.45. The second kappa shape index (κ2) is 7.73. The second-order valence-corrected chi connectivity index (χ2v) is 6.02. The standard InChI is InChI=1S/C17H18Cl2O3/c1-11(2)22-15-6-12(9-20)5-13(7-15)10-21-17-4-3-14(18)8-16(17)19/h3-8,11,20H,9-10H2,1-2H3. The molecular weight excluding hydrogens is 323 g/mol. The molecule has 0 bridgehead atoms. The van der Waals surface area contributed by atoms with Gasteiger partial charge < -0.3 is 14.6 Å². The molecule has 1 N–H and O–H groups in total. The Kier molecular flexibility index (Phi) is 5.95. The zero-order valence-corrected chi connectivity index (χ0v) is 14.0. The maximum atomic E-state index is 9.35. The van der Waals surface area contributed by atoms with Gasteiger partial charge in [-0.3, -0.25) is 0 Å². The summed E-state index contributed by atoms with van der Waals surface area (Å²) in [6, 6.07) is 10.7. The van der Waals surface area contributed by atoms with Gasteiger partial charge >= 0.3 is 0 Å². The van der Waals surface area contributed by atoms with Crippen LogP contribution in [0.15, 0.2) is 36.4 Å². The summed E-state index contributed by atoms with van der Waals surface area (Å²) in [6.45, 7) is 4.18. The first kappa shape index (κ1) is 16.9. The zero-order valence-electron chi connectivity index (χ0n) is 12.5. The highest BCUT2D eigenvalue weighted by Crippen LogP contribution is 2.28. The number of rotatable bonds is 6. The third kappa shape index (κ3) is 4.80. The van der Waals surface area contributed by atoms with Gasteiger partial charge in [0.2, 0.25) is 0 Å². The Morgan fingerprint density at radius 3 is 2.41 bits per heavy atom. The molecule has 118 valence electrons. The molecule has 0 unspecified atom stereocenters. The summed E-state index contributed by atoms with van der Waals surface area (Å²) in [5.74, 6) is 1.27. The van der Waals surface area contributed by atoms with Crippen molar-refractivity contribution in [1.29, 1.82) is 0 Å². The maximum Gasteiger partial charge on any atom is 0.138 e. The number of ether oxygens (including phenoxy) is 2. The largest absolute Gasteiger partial charge is 0.491 e. The molecule has 0 heterocycles. The highest BCUT2D eigenvalue weighted by Gasteiger charge is 2.07. The van der Waals surface area contributed by atoms with Gasteiger partial charge in [0, 0.05) is 5.02 Å². The van der Waals surface area contributed by atoms with Crippen LogP contribution < -0.4 is 9.47 Å². The molecule has 0 radical (unpaired) electrons. The highest BCUT2D eigenvalue weighted by atomic mass is 35.5. The number of hydrogen-bond donors (Lipinski definition) is 1. The van der Waals surface area contributed by atoms with E-state index in [-0.39, 0.29) is 12.7 Å². The van der Waals surface area contributed by atoms with Crippen LogP contribution in [0.2, 0.25) is 10.0 Å². The maximum absolute atomic E-state index is 9.35. The molecule has 0 saturated heterocycles. The van der Waals surface area contributed by atoms with Crippen LogP contribution in [0.25, 0.3) is 0 Å². The van der Waals surface area contributed by atoms with Crippen LogP contribution in [0.3, 0.4) is 0 Å². The van der Waals surface area contributed by atoms with Crippen LogP contribution in [0.1, 0.15) is 25.0 Å². The van der Waals surface area contributed by atoms with Crippen molar-refractivity contribution in [2.24, 2.45) is 0 Å². The Bertz CT molecular complexity index is 642. The molecule has 0 aliphatic carbocycles. The molecule has 0 amide bonds. The fraction of sp³-hybridized carbons (Fsp3) is 0.294. The smallest absolute Gasteiger partial charge is 0.138 e. The van der Waals surface area contributed by atoms with Crippen molar-refractivity contribution in [3.05, 3.63) is 57.6 Å². The molecule has 0 atom stereocenters. The minimum atomic E-state index is -0.0516. The molecule has 0 aliphatic heterocycles. The van der Waals surface area contributed by atoms with Gasteiger partial charge in [0.25, 0.3) is 0 Å². The van der Waals surface area contributed by atoms with Crippen molar-refractivity contribution in [1.82, 2.24) is 0 Å². The predicted octanol–water partition coefficient (Wildman–Crippen LogP) is 4.85. The lowest BCUT2D eigenvalue weighted by Gasteiger charge is -2.14. The van der Waals surface area contributed by atoms with Gasteiger partial charge in [0.15, 0.2) is 0 Å². The molecule has 3 nitrogen and oxygen atoms in total. The van der Waals surface area contributed by atoms with E-state index >= 15 is 0 Å². The zero-order chi connectivity index (χ0) is 16.1. The quantitative estimate of drug-likeness (QED) is 0.816. The fourth-order valence-corrected chi connectivity index (χ4v) is 2.46. The van der Waals surface area contributed by atoms with Gasteiger partial charge in [-0.1, -0.05) is 23.2 Å². The molecule has 0 fully saturated rings. The Morgan fingerprint density at radius 1 is 1.05 bits per heavy atom. The van der Waals surface area contributed by atoms with E-state index in [9.17, 15) is 5.11 Å². The normalized spacial score (nSPS) is 10.8. The third-order valence-electron chi connectivity index (χ3n) is 2.87. The summed E-state index contributed by atoms with van der Waals surface area (Å²) in [4.78, 5) is 0. The van der Waals surface area contributed by atoms with Crippen molar-refractivity contribution in [3.63, 3.8) is 0 Å². The Hall–Kier alpha value is -1.42. The SMILES string of the molecule is CC(C)Oc1cc(CO)cc(COc2ccc(Cl)cc2Cl)c1. The van der Waals surface area contributed by atoms with Crippen LogP contribution >= 0.6 is 23.2 Å². The fourth-order valence-electron chi connectivity index (χ4n) is 2.00. The molecular formula is C17H18Cl2O3. The molecule has 0 spiro atoms. The van der Waals surface area contributed by atoms with E-state index < -0.39 is 0 Å². The first-order valence-corrected chi connectivity index (χ1v) is 7.71. The average molecular weight is 341 g/mol. The van der Waals surface area contributed by atoms with E-state index in [0.29, 0.717) is 28.2 Å². The summed E-state index contributed by atoms with van der Waals surface area (Å²) in [6.07, 6.45) is 0.0634. The molecule has 2 aromatic rings. The minimum Gasteiger partial charge on any atom is -0.491 e. The van der Waals surface area contributed by atoms with Gasteiger partial charge in [0.1, 0.15) is 18.1 Å². The number of aliphatic hydroxyl groups is 1. The van der Waals surface area contributed by atoms with Gasteiger partial charge in [-0.15, -0.1) is 0 Å². The van der Waals surface area contributed by atoms with E-state index in [4.69, 9.17) is 32.7 Å². The number of benzene rings is 2. The Morgan fingerprint density at radius 2 is 1.77 bits per heavy atom.